The zero-order valence-electron chi connectivity index (χ0n) is 46.0. The number of unbranched alkanes of at least 4 members (excludes halogenated alkanes) is 5. The summed E-state index contributed by atoms with van der Waals surface area (Å²) in [7, 11) is 1.38. The van der Waals surface area contributed by atoms with Crippen LogP contribution in [0.25, 0.3) is 0 Å². The molecule has 3 aliphatic heterocycles. The third kappa shape index (κ3) is 18.7. The van der Waals surface area contributed by atoms with Gasteiger partial charge in [-0.25, -0.2) is 0 Å². The normalized spacial score (nSPS) is 28.6. The van der Waals surface area contributed by atoms with Crippen molar-refractivity contribution in [1.29, 1.82) is 0 Å². The van der Waals surface area contributed by atoms with Crippen LogP contribution in [0.1, 0.15) is 72.8 Å². The van der Waals surface area contributed by atoms with Crippen LogP contribution in [-0.2, 0) is 94.7 Å². The van der Waals surface area contributed by atoms with Gasteiger partial charge in [0.15, 0.2) is 18.9 Å². The second-order valence-electron chi connectivity index (χ2n) is 20.6. The van der Waals surface area contributed by atoms with Gasteiger partial charge in [-0.15, -0.1) is 0 Å². The van der Waals surface area contributed by atoms with E-state index in [9.17, 15) is 30.3 Å². The highest BCUT2D eigenvalue weighted by molar-refractivity contribution is 5.68. The number of benzene rings is 5. The van der Waals surface area contributed by atoms with Crippen LogP contribution in [0.5, 0.6) is 0 Å². The van der Waals surface area contributed by atoms with Crippen LogP contribution in [0.4, 0.5) is 0 Å². The smallest absolute Gasteiger partial charge is 0.305 e. The first-order chi connectivity index (χ1) is 39.7. The van der Waals surface area contributed by atoms with E-state index >= 15 is 0 Å². The minimum absolute atomic E-state index is 0.0209. The quantitative estimate of drug-likeness (QED) is 0.0229. The first-order valence-corrected chi connectivity index (χ1v) is 28.2. The summed E-state index contributed by atoms with van der Waals surface area (Å²) in [5.41, 5.74) is 4.46. The number of carbonyl (C=O) groups is 1. The highest BCUT2D eigenvalue weighted by Crippen LogP contribution is 2.36. The first-order valence-electron chi connectivity index (χ1n) is 28.2. The van der Waals surface area contributed by atoms with Gasteiger partial charge >= 0.3 is 5.97 Å². The van der Waals surface area contributed by atoms with E-state index in [0.717, 1.165) is 59.9 Å². The Hall–Kier alpha value is -5.07. The molecule has 0 bridgehead atoms. The van der Waals surface area contributed by atoms with Gasteiger partial charge in [-0.2, -0.15) is 0 Å². The van der Waals surface area contributed by atoms with Gasteiger partial charge in [0.25, 0.3) is 0 Å². The van der Waals surface area contributed by atoms with Gasteiger partial charge in [0, 0.05) is 13.0 Å². The molecule has 0 unspecified atom stereocenters. The van der Waals surface area contributed by atoms with E-state index < -0.39 is 98.7 Å². The Morgan fingerprint density at radius 2 is 0.790 bits per heavy atom. The molecule has 0 saturated carbocycles. The zero-order chi connectivity index (χ0) is 56.6. The molecule has 5 aromatic rings. The molecule has 3 heterocycles. The van der Waals surface area contributed by atoms with E-state index in [1.165, 1.54) is 7.11 Å². The number of aliphatic hydroxyl groups excluding tert-OH is 5. The molecule has 0 amide bonds. The van der Waals surface area contributed by atoms with Crippen molar-refractivity contribution in [3.63, 3.8) is 0 Å². The van der Waals surface area contributed by atoms with Crippen molar-refractivity contribution in [1.82, 2.24) is 0 Å². The second-order valence-corrected chi connectivity index (χ2v) is 20.6. The fourth-order valence-electron chi connectivity index (χ4n) is 10.1. The van der Waals surface area contributed by atoms with E-state index in [1.54, 1.807) is 0 Å². The third-order valence-electron chi connectivity index (χ3n) is 14.6. The predicted molar refractivity (Wildman–Crippen MR) is 294 cm³/mol. The predicted octanol–water partition coefficient (Wildman–Crippen LogP) is 6.48. The number of carbonyl (C=O) groups excluding carboxylic acids is 1. The monoisotopic (exact) mass is 1120 g/mol. The number of hydrogen-bond acceptors (Lipinski definition) is 18. The van der Waals surface area contributed by atoms with E-state index in [0.29, 0.717) is 12.8 Å². The van der Waals surface area contributed by atoms with E-state index in [-0.39, 0.29) is 58.8 Å². The van der Waals surface area contributed by atoms with Gasteiger partial charge in [-0.1, -0.05) is 177 Å². The molecule has 0 radical (unpaired) electrons. The Labute approximate surface area is 474 Å². The number of rotatable bonds is 32. The standard InChI is InChI=1S/C63H80O18/c1-70-51(65)33-21-4-2-3-5-22-34-73-61-54(68)52(66)56(48(35-64)77-61)80-62-55(69)53(67)57(49(78-62)41-71-36-43-23-11-6-12-24-43)81-63-60(76-40-47-31-19-10-20-32-47)59(75-39-46-29-17-9-18-30-46)58(74-38-45-27-15-8-16-28-45)50(79-63)42-72-37-44-25-13-7-14-26-44/h6-20,23-32,48-50,52-64,66-69H,2-5,21-22,33-42H2,1H3/t48-,49-,50-,52-,53-,54-,55-,56-,57+,58+,59+,60-,61-,62+,63-/m1/s1. The fourth-order valence-corrected chi connectivity index (χ4v) is 10.1. The maximum atomic E-state index is 12.4. The molecule has 18 heteroatoms. The second kappa shape index (κ2) is 33.3. The molecule has 15 atom stereocenters. The lowest BCUT2D eigenvalue weighted by molar-refractivity contribution is -0.385. The SMILES string of the molecule is COC(=O)CCCCCCCCO[C@@H]1O[C@H](CO)[C@@H](O[C@@H]2O[C@H](COCc3ccccc3)[C@H](O[C@H]3O[C@H](COCc4ccccc4)[C@H](OCc4ccccc4)[C@H](OCc4ccccc4)[C@H]3OCc3ccccc3)[C@H](O)[C@H]2O)[C@H](O)[C@H]1O. The molecular weight excluding hydrogens is 1040 g/mol. The molecule has 5 N–H and O–H groups in total. The minimum Gasteiger partial charge on any atom is -0.469 e. The largest absolute Gasteiger partial charge is 0.469 e. The molecule has 0 spiro atoms. The maximum Gasteiger partial charge on any atom is 0.305 e. The lowest BCUT2D eigenvalue weighted by atomic mass is 9.95. The van der Waals surface area contributed by atoms with E-state index in [4.69, 9.17) is 56.8 Å². The van der Waals surface area contributed by atoms with Gasteiger partial charge in [0.05, 0.1) is 60.0 Å². The summed E-state index contributed by atoms with van der Waals surface area (Å²) in [6.45, 7) is 0.212. The Morgan fingerprint density at radius 3 is 1.28 bits per heavy atom. The van der Waals surface area contributed by atoms with Crippen molar-refractivity contribution in [2.45, 2.75) is 170 Å². The third-order valence-corrected chi connectivity index (χ3v) is 14.6. The van der Waals surface area contributed by atoms with Crippen molar-refractivity contribution in [3.8, 4) is 0 Å². The lowest BCUT2D eigenvalue weighted by Gasteiger charge is -2.50. The van der Waals surface area contributed by atoms with Crippen molar-refractivity contribution >= 4 is 5.97 Å². The molecule has 0 aromatic heterocycles. The number of aliphatic hydroxyl groups is 5. The Balaban J connectivity index is 1.03. The van der Waals surface area contributed by atoms with Crippen LogP contribution in [0, 0.1) is 0 Å². The van der Waals surface area contributed by atoms with Gasteiger partial charge < -0.3 is 82.4 Å². The Kier molecular flexibility index (Phi) is 25.5. The lowest BCUT2D eigenvalue weighted by Crippen LogP contribution is -2.67. The summed E-state index contributed by atoms with van der Waals surface area (Å²) >= 11 is 0. The molecule has 0 aliphatic carbocycles. The number of ether oxygens (including phenoxy) is 12. The van der Waals surface area contributed by atoms with Crippen LogP contribution in [0.15, 0.2) is 152 Å². The number of esters is 1. The van der Waals surface area contributed by atoms with Crippen molar-refractivity contribution in [3.05, 3.63) is 179 Å². The Bertz CT molecular complexity index is 2480. The average molecular weight is 1130 g/mol. The van der Waals surface area contributed by atoms with Gasteiger partial charge in [0.1, 0.15) is 73.2 Å². The number of methoxy groups -OCH3 is 1. The van der Waals surface area contributed by atoms with Crippen molar-refractivity contribution in [2.75, 3.05) is 33.5 Å². The average Bonchev–Trinajstić information content (AvgIpc) is 3.70. The molecule has 440 valence electrons. The highest BCUT2D eigenvalue weighted by atomic mass is 16.8. The fraction of sp³-hybridized carbons (Fsp3) is 0.508. The van der Waals surface area contributed by atoms with Crippen molar-refractivity contribution < 1.29 is 87.2 Å². The van der Waals surface area contributed by atoms with Gasteiger partial charge in [0.2, 0.25) is 0 Å². The summed E-state index contributed by atoms with van der Waals surface area (Å²) < 4.78 is 76.5. The van der Waals surface area contributed by atoms with Crippen molar-refractivity contribution in [2.24, 2.45) is 0 Å². The summed E-state index contributed by atoms with van der Waals surface area (Å²) in [5.74, 6) is -0.224. The van der Waals surface area contributed by atoms with Crippen LogP contribution in [-0.4, -0.2) is 157 Å². The van der Waals surface area contributed by atoms with Gasteiger partial charge in [-0.3, -0.25) is 4.79 Å². The highest BCUT2D eigenvalue weighted by Gasteiger charge is 2.55. The minimum atomic E-state index is -1.84. The molecule has 3 aliphatic rings. The molecule has 5 aromatic carbocycles. The molecule has 8 rings (SSSR count). The molecule has 81 heavy (non-hydrogen) atoms. The first kappa shape index (κ1) is 62.0. The molecule has 18 nitrogen and oxygen atoms in total. The van der Waals surface area contributed by atoms with E-state index in [1.807, 2.05) is 152 Å². The van der Waals surface area contributed by atoms with Crippen LogP contribution >= 0.6 is 0 Å². The molecule has 3 fully saturated rings. The van der Waals surface area contributed by atoms with E-state index in [2.05, 4.69) is 0 Å². The summed E-state index contributed by atoms with van der Waals surface area (Å²) in [6, 6.07) is 48.2. The summed E-state index contributed by atoms with van der Waals surface area (Å²) in [5, 5.41) is 57.9. The Morgan fingerprint density at radius 1 is 0.407 bits per heavy atom. The van der Waals surface area contributed by atoms with Crippen LogP contribution < -0.4 is 0 Å². The van der Waals surface area contributed by atoms with Crippen LogP contribution in [0.2, 0.25) is 0 Å². The topological polar surface area (TPSA) is 229 Å². The maximum absolute atomic E-state index is 12.4. The molecule has 3 saturated heterocycles. The summed E-state index contributed by atoms with van der Waals surface area (Å²) in [4.78, 5) is 11.4. The van der Waals surface area contributed by atoms with Gasteiger partial charge in [-0.05, 0) is 40.7 Å². The van der Waals surface area contributed by atoms with Crippen LogP contribution in [0.3, 0.4) is 0 Å². The zero-order valence-corrected chi connectivity index (χ0v) is 46.0. The number of hydrogen-bond donors (Lipinski definition) is 5. The summed E-state index contributed by atoms with van der Waals surface area (Å²) in [6.07, 6.45) is -14.8. The molecular formula is C63H80O18.